The van der Waals surface area contributed by atoms with Crippen LogP contribution in [0.25, 0.3) is 10.2 Å². The Bertz CT molecular complexity index is 652. The standard InChI is InChI=1S/C15H20N4OS2/c1-3-18-5-7-19(8-6-18)15(20)11(2)22-14-12-4-9-21-13(12)16-10-17-14/h4,9-11H,3,5-8H2,1-2H3/p+1/t11-/m0/s1. The van der Waals surface area contributed by atoms with Crippen molar-refractivity contribution in [3.8, 4) is 0 Å². The maximum atomic E-state index is 12.6. The molecule has 118 valence electrons. The van der Waals surface area contributed by atoms with Crippen LogP contribution >= 0.6 is 23.1 Å². The first-order valence-corrected chi connectivity index (χ1v) is 9.42. The van der Waals surface area contributed by atoms with Crippen LogP contribution in [0, 0.1) is 0 Å². The molecule has 2 aromatic rings. The van der Waals surface area contributed by atoms with Gasteiger partial charge < -0.3 is 9.80 Å². The minimum atomic E-state index is -0.110. The topological polar surface area (TPSA) is 50.5 Å². The van der Waals surface area contributed by atoms with Gasteiger partial charge in [-0.15, -0.1) is 11.3 Å². The molecule has 3 rings (SSSR count). The number of rotatable bonds is 4. The Morgan fingerprint density at radius 2 is 2.23 bits per heavy atom. The van der Waals surface area contributed by atoms with Crippen molar-refractivity contribution in [2.24, 2.45) is 0 Å². The number of hydrogen-bond acceptors (Lipinski definition) is 5. The predicted octanol–water partition coefficient (Wildman–Crippen LogP) is 0.919. The van der Waals surface area contributed by atoms with Gasteiger partial charge in [-0.25, -0.2) is 9.97 Å². The normalized spacial score (nSPS) is 17.8. The molecule has 22 heavy (non-hydrogen) atoms. The van der Waals surface area contributed by atoms with Crippen molar-refractivity contribution >= 4 is 39.2 Å². The molecular weight excluding hydrogens is 316 g/mol. The largest absolute Gasteiger partial charge is 0.332 e. The van der Waals surface area contributed by atoms with Gasteiger partial charge >= 0.3 is 0 Å². The summed E-state index contributed by atoms with van der Waals surface area (Å²) in [5, 5.41) is 3.87. The van der Waals surface area contributed by atoms with Gasteiger partial charge in [-0.05, 0) is 25.3 Å². The lowest BCUT2D eigenvalue weighted by Gasteiger charge is -2.32. The van der Waals surface area contributed by atoms with E-state index in [1.807, 2.05) is 23.3 Å². The lowest BCUT2D eigenvalue weighted by Crippen LogP contribution is -3.14. The number of carbonyl (C=O) groups is 1. The van der Waals surface area contributed by atoms with E-state index in [1.165, 1.54) is 0 Å². The van der Waals surface area contributed by atoms with Crippen molar-refractivity contribution in [3.63, 3.8) is 0 Å². The minimum absolute atomic E-state index is 0.110. The smallest absolute Gasteiger partial charge is 0.236 e. The molecule has 0 bridgehead atoms. The Morgan fingerprint density at radius 3 is 2.95 bits per heavy atom. The second-order valence-corrected chi connectivity index (χ2v) is 7.73. The maximum Gasteiger partial charge on any atom is 0.236 e. The van der Waals surface area contributed by atoms with Crippen molar-refractivity contribution < 1.29 is 9.69 Å². The molecule has 1 atom stereocenters. The SMILES string of the molecule is CC[NH+]1CCN(C(=O)[C@H](C)Sc2ncnc3sccc23)CC1. The number of piperazine rings is 1. The van der Waals surface area contributed by atoms with E-state index in [0.717, 1.165) is 48.0 Å². The molecule has 0 radical (unpaired) electrons. The number of likely N-dealkylation sites (N-methyl/N-ethyl adjacent to an activating group) is 1. The molecule has 0 saturated carbocycles. The highest BCUT2D eigenvalue weighted by Gasteiger charge is 2.27. The molecule has 1 saturated heterocycles. The summed E-state index contributed by atoms with van der Waals surface area (Å²) in [4.78, 5) is 25.8. The maximum absolute atomic E-state index is 12.6. The van der Waals surface area contributed by atoms with Crippen molar-refractivity contribution in [2.75, 3.05) is 32.7 Å². The van der Waals surface area contributed by atoms with E-state index in [2.05, 4.69) is 16.9 Å². The molecule has 5 nitrogen and oxygen atoms in total. The van der Waals surface area contributed by atoms with E-state index in [0.29, 0.717) is 0 Å². The summed E-state index contributed by atoms with van der Waals surface area (Å²) in [7, 11) is 0. The number of nitrogens with zero attached hydrogens (tertiary/aromatic N) is 3. The summed E-state index contributed by atoms with van der Waals surface area (Å²) < 4.78 is 0. The first-order valence-electron chi connectivity index (χ1n) is 7.66. The van der Waals surface area contributed by atoms with Gasteiger partial charge in [0.15, 0.2) is 0 Å². The van der Waals surface area contributed by atoms with E-state index in [1.54, 1.807) is 34.3 Å². The van der Waals surface area contributed by atoms with Gasteiger partial charge in [0, 0.05) is 5.39 Å². The lowest BCUT2D eigenvalue weighted by atomic mass is 10.3. The van der Waals surface area contributed by atoms with Crippen molar-refractivity contribution in [1.29, 1.82) is 0 Å². The van der Waals surface area contributed by atoms with Crippen molar-refractivity contribution in [2.45, 2.75) is 24.1 Å². The van der Waals surface area contributed by atoms with Gasteiger partial charge in [0.2, 0.25) is 5.91 Å². The van der Waals surface area contributed by atoms with Crippen LogP contribution in [0.1, 0.15) is 13.8 Å². The Labute approximate surface area is 138 Å². The summed E-state index contributed by atoms with van der Waals surface area (Å²) in [6.07, 6.45) is 1.59. The highest BCUT2D eigenvalue weighted by molar-refractivity contribution is 8.00. The van der Waals surface area contributed by atoms with Crippen molar-refractivity contribution in [1.82, 2.24) is 14.9 Å². The summed E-state index contributed by atoms with van der Waals surface area (Å²) >= 11 is 3.15. The van der Waals surface area contributed by atoms with Crippen LogP contribution in [-0.4, -0.2) is 58.7 Å². The van der Waals surface area contributed by atoms with E-state index in [-0.39, 0.29) is 11.2 Å². The molecule has 0 unspecified atom stereocenters. The molecule has 3 heterocycles. The number of thiophene rings is 1. The monoisotopic (exact) mass is 337 g/mol. The molecule has 1 aliphatic rings. The average Bonchev–Trinajstić information content (AvgIpc) is 3.04. The molecule has 1 aliphatic heterocycles. The first kappa shape index (κ1) is 15.7. The number of nitrogens with one attached hydrogen (secondary N) is 1. The number of aromatic nitrogens is 2. The van der Waals surface area contributed by atoms with Gasteiger partial charge in [0.05, 0.1) is 38.0 Å². The summed E-state index contributed by atoms with van der Waals surface area (Å²) in [5.41, 5.74) is 0. The third-order valence-corrected chi connectivity index (χ3v) is 6.07. The van der Waals surface area contributed by atoms with Gasteiger partial charge in [-0.3, -0.25) is 4.79 Å². The van der Waals surface area contributed by atoms with E-state index < -0.39 is 0 Å². The minimum Gasteiger partial charge on any atom is -0.332 e. The molecule has 1 fully saturated rings. The van der Waals surface area contributed by atoms with Crippen LogP contribution in [0.15, 0.2) is 22.8 Å². The Morgan fingerprint density at radius 1 is 1.45 bits per heavy atom. The number of amides is 1. The third kappa shape index (κ3) is 3.26. The first-order chi connectivity index (χ1) is 10.7. The van der Waals surface area contributed by atoms with E-state index in [9.17, 15) is 4.79 Å². The predicted molar refractivity (Wildman–Crippen MR) is 90.6 cm³/mol. The summed E-state index contributed by atoms with van der Waals surface area (Å²) in [6, 6.07) is 2.03. The zero-order valence-corrected chi connectivity index (χ0v) is 14.5. The van der Waals surface area contributed by atoms with Gasteiger partial charge in [0.1, 0.15) is 16.2 Å². The van der Waals surface area contributed by atoms with Crippen LogP contribution in [-0.2, 0) is 4.79 Å². The number of hydrogen-bond donors (Lipinski definition) is 1. The molecule has 7 heteroatoms. The fraction of sp³-hybridized carbons (Fsp3) is 0.533. The highest BCUT2D eigenvalue weighted by atomic mass is 32.2. The van der Waals surface area contributed by atoms with E-state index >= 15 is 0 Å². The van der Waals surface area contributed by atoms with Crippen LogP contribution < -0.4 is 4.90 Å². The zero-order chi connectivity index (χ0) is 15.5. The van der Waals surface area contributed by atoms with Crippen LogP contribution in [0.4, 0.5) is 0 Å². The molecule has 1 N–H and O–H groups in total. The Kier molecular flexibility index (Phi) is 4.95. The van der Waals surface area contributed by atoms with Crippen LogP contribution in [0.3, 0.4) is 0 Å². The number of quaternary nitrogens is 1. The second kappa shape index (κ2) is 6.93. The molecular formula is C15H21N4OS2+. The Hall–Kier alpha value is -1.18. The number of fused-ring (bicyclic) bond motifs is 1. The molecule has 1 amide bonds. The highest BCUT2D eigenvalue weighted by Crippen LogP contribution is 2.30. The average molecular weight is 337 g/mol. The van der Waals surface area contributed by atoms with E-state index in [4.69, 9.17) is 0 Å². The third-order valence-electron chi connectivity index (χ3n) is 4.14. The molecule has 0 aliphatic carbocycles. The van der Waals surface area contributed by atoms with Gasteiger partial charge in [-0.2, -0.15) is 0 Å². The fourth-order valence-electron chi connectivity index (χ4n) is 2.73. The van der Waals surface area contributed by atoms with Crippen molar-refractivity contribution in [3.05, 3.63) is 17.8 Å². The fourth-order valence-corrected chi connectivity index (χ4v) is 4.51. The quantitative estimate of drug-likeness (QED) is 0.666. The number of thioether (sulfide) groups is 1. The Balaban J connectivity index is 1.65. The number of carbonyl (C=O) groups excluding carboxylic acids is 1. The summed E-state index contributed by atoms with van der Waals surface area (Å²) in [5.74, 6) is 0.224. The second-order valence-electron chi connectivity index (χ2n) is 5.51. The van der Waals surface area contributed by atoms with Gasteiger partial charge in [-0.1, -0.05) is 11.8 Å². The zero-order valence-electron chi connectivity index (χ0n) is 12.9. The van der Waals surface area contributed by atoms with Gasteiger partial charge in [0.25, 0.3) is 0 Å². The lowest BCUT2D eigenvalue weighted by molar-refractivity contribution is -0.902. The molecule has 2 aromatic heterocycles. The summed E-state index contributed by atoms with van der Waals surface area (Å²) in [6.45, 7) is 9.17. The molecule has 0 aromatic carbocycles. The van der Waals surface area contributed by atoms with Crippen LogP contribution in [0.2, 0.25) is 0 Å². The molecule has 0 spiro atoms. The van der Waals surface area contributed by atoms with Crippen LogP contribution in [0.5, 0.6) is 0 Å².